The highest BCUT2D eigenvalue weighted by molar-refractivity contribution is 9.10. The van der Waals surface area contributed by atoms with Crippen LogP contribution in [0.3, 0.4) is 0 Å². The Bertz CT molecular complexity index is 929. The number of carbonyl (C=O) groups is 1. The Labute approximate surface area is 161 Å². The SMILES string of the molecule is Cc1cncc(C(=O)Nc2cccc([C@H](C)Nc3cccc(Br)n3)c2)c1. The molecule has 3 rings (SSSR count). The third-order valence-corrected chi connectivity index (χ3v) is 4.30. The number of aryl methyl sites for hydroxylation is 1. The van der Waals surface area contributed by atoms with Gasteiger partial charge in [-0.05, 0) is 71.2 Å². The summed E-state index contributed by atoms with van der Waals surface area (Å²) in [5.41, 5.74) is 3.28. The smallest absolute Gasteiger partial charge is 0.257 e. The fourth-order valence-corrected chi connectivity index (χ4v) is 2.91. The van der Waals surface area contributed by atoms with Crippen LogP contribution < -0.4 is 10.6 Å². The zero-order valence-corrected chi connectivity index (χ0v) is 16.1. The predicted molar refractivity (Wildman–Crippen MR) is 107 cm³/mol. The molecule has 26 heavy (non-hydrogen) atoms. The minimum atomic E-state index is -0.174. The normalized spacial score (nSPS) is 11.7. The van der Waals surface area contributed by atoms with Crippen molar-refractivity contribution in [2.75, 3.05) is 10.6 Å². The van der Waals surface area contributed by atoms with E-state index in [-0.39, 0.29) is 11.9 Å². The number of aromatic nitrogens is 2. The second-order valence-electron chi connectivity index (χ2n) is 6.04. The minimum absolute atomic E-state index is 0.0364. The van der Waals surface area contributed by atoms with Crippen molar-refractivity contribution < 1.29 is 4.79 Å². The van der Waals surface area contributed by atoms with Gasteiger partial charge in [0.15, 0.2) is 0 Å². The molecule has 5 nitrogen and oxygen atoms in total. The highest BCUT2D eigenvalue weighted by Gasteiger charge is 2.10. The fourth-order valence-electron chi connectivity index (χ4n) is 2.56. The molecule has 0 spiro atoms. The Balaban J connectivity index is 1.72. The molecule has 0 unspecified atom stereocenters. The summed E-state index contributed by atoms with van der Waals surface area (Å²) in [5.74, 6) is 0.611. The summed E-state index contributed by atoms with van der Waals surface area (Å²) in [6, 6.07) is 15.3. The van der Waals surface area contributed by atoms with E-state index < -0.39 is 0 Å². The van der Waals surface area contributed by atoms with E-state index in [0.29, 0.717) is 5.56 Å². The lowest BCUT2D eigenvalue weighted by Crippen LogP contribution is -2.13. The number of rotatable bonds is 5. The van der Waals surface area contributed by atoms with Crippen molar-refractivity contribution in [1.29, 1.82) is 0 Å². The van der Waals surface area contributed by atoms with Crippen molar-refractivity contribution in [1.82, 2.24) is 9.97 Å². The number of pyridine rings is 2. The summed E-state index contributed by atoms with van der Waals surface area (Å²) in [6.45, 7) is 3.96. The van der Waals surface area contributed by atoms with Crippen molar-refractivity contribution in [3.63, 3.8) is 0 Å². The van der Waals surface area contributed by atoms with Crippen LogP contribution in [-0.4, -0.2) is 15.9 Å². The molecule has 0 saturated heterocycles. The maximum absolute atomic E-state index is 12.4. The Morgan fingerprint density at radius 1 is 1.12 bits per heavy atom. The van der Waals surface area contributed by atoms with Crippen molar-refractivity contribution in [2.24, 2.45) is 0 Å². The van der Waals surface area contributed by atoms with E-state index in [4.69, 9.17) is 0 Å². The van der Waals surface area contributed by atoms with Gasteiger partial charge in [-0.2, -0.15) is 0 Å². The zero-order valence-electron chi connectivity index (χ0n) is 14.5. The van der Waals surface area contributed by atoms with Gasteiger partial charge >= 0.3 is 0 Å². The van der Waals surface area contributed by atoms with E-state index in [9.17, 15) is 4.79 Å². The Kier molecular flexibility index (Phi) is 5.63. The van der Waals surface area contributed by atoms with E-state index in [2.05, 4.69) is 36.5 Å². The number of hydrogen-bond acceptors (Lipinski definition) is 4. The zero-order chi connectivity index (χ0) is 18.5. The van der Waals surface area contributed by atoms with Gasteiger partial charge in [0.1, 0.15) is 10.4 Å². The molecule has 6 heteroatoms. The molecule has 0 saturated carbocycles. The van der Waals surface area contributed by atoms with Gasteiger partial charge in [0, 0.05) is 18.1 Å². The van der Waals surface area contributed by atoms with Gasteiger partial charge in [-0.25, -0.2) is 4.98 Å². The molecule has 2 N–H and O–H groups in total. The predicted octanol–water partition coefficient (Wildman–Crippen LogP) is 4.97. The highest BCUT2D eigenvalue weighted by Crippen LogP contribution is 2.22. The average Bonchev–Trinajstić information content (AvgIpc) is 2.62. The molecule has 0 fully saturated rings. The average molecular weight is 411 g/mol. The summed E-state index contributed by atoms with van der Waals surface area (Å²) in [7, 11) is 0. The first-order chi connectivity index (χ1) is 12.5. The van der Waals surface area contributed by atoms with Crippen LogP contribution in [0.5, 0.6) is 0 Å². The van der Waals surface area contributed by atoms with Crippen LogP contribution in [-0.2, 0) is 0 Å². The molecular formula is C20H19BrN4O. The van der Waals surface area contributed by atoms with Gasteiger partial charge in [0.2, 0.25) is 0 Å². The number of halogens is 1. The van der Waals surface area contributed by atoms with Crippen LogP contribution in [0.2, 0.25) is 0 Å². The van der Waals surface area contributed by atoms with Gasteiger partial charge in [-0.15, -0.1) is 0 Å². The first-order valence-corrected chi connectivity index (χ1v) is 9.02. The van der Waals surface area contributed by atoms with Crippen molar-refractivity contribution in [3.05, 3.63) is 82.2 Å². The molecule has 1 amide bonds. The molecule has 3 aromatic rings. The lowest BCUT2D eigenvalue weighted by molar-refractivity contribution is 0.102. The van der Waals surface area contributed by atoms with Gasteiger partial charge < -0.3 is 10.6 Å². The number of benzene rings is 1. The summed E-state index contributed by atoms with van der Waals surface area (Å²) < 4.78 is 0.780. The Hall–Kier alpha value is -2.73. The summed E-state index contributed by atoms with van der Waals surface area (Å²) in [4.78, 5) is 20.8. The number of nitrogens with one attached hydrogen (secondary N) is 2. The number of nitrogens with zero attached hydrogens (tertiary/aromatic N) is 2. The lowest BCUT2D eigenvalue weighted by Gasteiger charge is -2.16. The van der Waals surface area contributed by atoms with Crippen molar-refractivity contribution >= 4 is 33.3 Å². The maximum atomic E-state index is 12.4. The van der Waals surface area contributed by atoms with E-state index in [1.807, 2.05) is 62.4 Å². The monoisotopic (exact) mass is 410 g/mol. The van der Waals surface area contributed by atoms with Crippen LogP contribution in [0.1, 0.15) is 34.5 Å². The summed E-state index contributed by atoms with van der Waals surface area (Å²) in [6.07, 6.45) is 3.29. The van der Waals surface area contributed by atoms with Crippen LogP contribution in [0.15, 0.2) is 65.5 Å². The Morgan fingerprint density at radius 2 is 1.92 bits per heavy atom. The number of carbonyl (C=O) groups excluding carboxylic acids is 1. The summed E-state index contributed by atoms with van der Waals surface area (Å²) >= 11 is 3.37. The molecule has 0 aliphatic heterocycles. The molecule has 132 valence electrons. The molecule has 0 bridgehead atoms. The van der Waals surface area contributed by atoms with Gasteiger partial charge in [0.05, 0.1) is 11.6 Å². The quantitative estimate of drug-likeness (QED) is 0.582. The van der Waals surface area contributed by atoms with E-state index >= 15 is 0 Å². The van der Waals surface area contributed by atoms with Crippen LogP contribution in [0, 0.1) is 6.92 Å². The number of amides is 1. The summed E-state index contributed by atoms with van der Waals surface area (Å²) in [5, 5.41) is 6.28. The molecule has 0 radical (unpaired) electrons. The van der Waals surface area contributed by atoms with Gasteiger partial charge in [-0.3, -0.25) is 9.78 Å². The maximum Gasteiger partial charge on any atom is 0.257 e. The fraction of sp³-hybridized carbons (Fsp3) is 0.150. The number of hydrogen-bond donors (Lipinski definition) is 2. The third kappa shape index (κ3) is 4.67. The van der Waals surface area contributed by atoms with Crippen LogP contribution in [0.4, 0.5) is 11.5 Å². The minimum Gasteiger partial charge on any atom is -0.364 e. The second-order valence-corrected chi connectivity index (χ2v) is 6.85. The van der Waals surface area contributed by atoms with Crippen LogP contribution >= 0.6 is 15.9 Å². The van der Waals surface area contributed by atoms with Crippen LogP contribution in [0.25, 0.3) is 0 Å². The molecule has 2 heterocycles. The first-order valence-electron chi connectivity index (χ1n) is 8.23. The Morgan fingerprint density at radius 3 is 2.69 bits per heavy atom. The molecule has 0 aliphatic carbocycles. The van der Waals surface area contributed by atoms with E-state index in [0.717, 1.165) is 27.2 Å². The topological polar surface area (TPSA) is 66.9 Å². The third-order valence-electron chi connectivity index (χ3n) is 3.86. The van der Waals surface area contributed by atoms with Gasteiger partial charge in [0.25, 0.3) is 5.91 Å². The molecule has 1 aromatic carbocycles. The van der Waals surface area contributed by atoms with E-state index in [1.54, 1.807) is 12.4 Å². The lowest BCUT2D eigenvalue weighted by atomic mass is 10.1. The second kappa shape index (κ2) is 8.10. The highest BCUT2D eigenvalue weighted by atomic mass is 79.9. The standard InChI is InChI=1S/C20H19BrN4O/c1-13-9-16(12-22-11-13)20(26)24-17-6-3-5-15(10-17)14(2)23-19-8-4-7-18(21)25-19/h3-12,14H,1-2H3,(H,23,25)(H,24,26)/t14-/m0/s1. The van der Waals surface area contributed by atoms with Crippen molar-refractivity contribution in [3.8, 4) is 0 Å². The number of anilines is 2. The van der Waals surface area contributed by atoms with Crippen molar-refractivity contribution in [2.45, 2.75) is 19.9 Å². The van der Waals surface area contributed by atoms with E-state index in [1.165, 1.54) is 0 Å². The largest absolute Gasteiger partial charge is 0.364 e. The molecular weight excluding hydrogens is 392 g/mol. The molecule has 1 atom stereocenters. The molecule has 2 aromatic heterocycles. The van der Waals surface area contributed by atoms with Gasteiger partial charge in [-0.1, -0.05) is 18.2 Å². The first kappa shape index (κ1) is 18.1. The molecule has 0 aliphatic rings.